The number of nitrogens with two attached hydrogens (primary N) is 2. The average Bonchev–Trinajstić information content (AvgIpc) is 2.29. The van der Waals surface area contributed by atoms with E-state index in [1.54, 1.807) is 0 Å². The standard InChI is InChI=1S/C12H18BrN3O3S/c1-7(2)5-10(14)12(17)16-11-4-3-8(6-9(11)13)20(15,18)19/h3-4,6-7,10H,5,14H2,1-2H3,(H,16,17)(H2,15,18,19)/t10-/m1/s1. The Morgan fingerprint density at radius 3 is 2.45 bits per heavy atom. The number of hydrogen-bond acceptors (Lipinski definition) is 4. The summed E-state index contributed by atoms with van der Waals surface area (Å²) in [5, 5.41) is 7.67. The first-order valence-corrected chi connectivity index (χ1v) is 8.34. The first-order valence-electron chi connectivity index (χ1n) is 6.00. The van der Waals surface area contributed by atoms with Gasteiger partial charge >= 0.3 is 0 Å². The number of nitrogens with one attached hydrogen (secondary N) is 1. The largest absolute Gasteiger partial charge is 0.324 e. The number of carbonyl (C=O) groups is 1. The lowest BCUT2D eigenvalue weighted by atomic mass is 10.0. The van der Waals surface area contributed by atoms with Gasteiger partial charge in [-0.05, 0) is 46.5 Å². The Morgan fingerprint density at radius 2 is 2.00 bits per heavy atom. The number of sulfonamides is 1. The molecular weight excluding hydrogens is 346 g/mol. The van der Waals surface area contributed by atoms with Crippen molar-refractivity contribution in [3.63, 3.8) is 0 Å². The van der Waals surface area contributed by atoms with Gasteiger partial charge in [0.2, 0.25) is 15.9 Å². The smallest absolute Gasteiger partial charge is 0.241 e. The lowest BCUT2D eigenvalue weighted by molar-refractivity contribution is -0.117. The molecule has 1 aromatic rings. The minimum absolute atomic E-state index is 0.0335. The highest BCUT2D eigenvalue weighted by Crippen LogP contribution is 2.25. The summed E-state index contributed by atoms with van der Waals surface area (Å²) < 4.78 is 22.8. The van der Waals surface area contributed by atoms with Crippen LogP contribution in [0.2, 0.25) is 0 Å². The third-order valence-corrected chi connectivity index (χ3v) is 4.16. The molecule has 0 saturated carbocycles. The van der Waals surface area contributed by atoms with Gasteiger partial charge in [0.25, 0.3) is 0 Å². The molecule has 0 aliphatic carbocycles. The van der Waals surface area contributed by atoms with E-state index in [0.29, 0.717) is 22.5 Å². The Hall–Kier alpha value is -0.960. The normalized spacial score (nSPS) is 13.3. The maximum Gasteiger partial charge on any atom is 0.241 e. The number of halogens is 1. The molecular formula is C12H18BrN3O3S. The van der Waals surface area contributed by atoms with E-state index in [4.69, 9.17) is 10.9 Å². The molecule has 6 nitrogen and oxygen atoms in total. The van der Waals surface area contributed by atoms with E-state index in [1.165, 1.54) is 18.2 Å². The van der Waals surface area contributed by atoms with E-state index in [-0.39, 0.29) is 10.8 Å². The highest BCUT2D eigenvalue weighted by Gasteiger charge is 2.17. The van der Waals surface area contributed by atoms with Gasteiger partial charge in [0, 0.05) is 4.47 Å². The third kappa shape index (κ3) is 4.86. The fourth-order valence-corrected chi connectivity index (χ4v) is 2.78. The minimum atomic E-state index is -3.77. The van der Waals surface area contributed by atoms with Crippen LogP contribution in [0.15, 0.2) is 27.6 Å². The predicted molar refractivity (Wildman–Crippen MR) is 81.6 cm³/mol. The van der Waals surface area contributed by atoms with Gasteiger partial charge in [0.15, 0.2) is 0 Å². The third-order valence-electron chi connectivity index (χ3n) is 2.59. The molecule has 0 aliphatic rings. The van der Waals surface area contributed by atoms with E-state index < -0.39 is 16.1 Å². The second-order valence-corrected chi connectivity index (χ2v) is 7.33. The maximum atomic E-state index is 11.9. The highest BCUT2D eigenvalue weighted by atomic mass is 79.9. The molecule has 0 aliphatic heterocycles. The summed E-state index contributed by atoms with van der Waals surface area (Å²) in [7, 11) is -3.77. The summed E-state index contributed by atoms with van der Waals surface area (Å²) >= 11 is 3.19. The lowest BCUT2D eigenvalue weighted by Gasteiger charge is -2.15. The highest BCUT2D eigenvalue weighted by molar-refractivity contribution is 9.10. The number of benzene rings is 1. The maximum absolute atomic E-state index is 11.9. The zero-order valence-corrected chi connectivity index (χ0v) is 13.7. The van der Waals surface area contributed by atoms with Crippen molar-refractivity contribution in [2.24, 2.45) is 16.8 Å². The van der Waals surface area contributed by atoms with Crippen molar-refractivity contribution in [3.8, 4) is 0 Å². The number of rotatable bonds is 5. The molecule has 0 heterocycles. The summed E-state index contributed by atoms with van der Waals surface area (Å²) in [5.74, 6) is -0.00768. The lowest BCUT2D eigenvalue weighted by Crippen LogP contribution is -2.36. The molecule has 20 heavy (non-hydrogen) atoms. The van der Waals surface area contributed by atoms with Crippen LogP contribution in [0.25, 0.3) is 0 Å². The number of carbonyl (C=O) groups excluding carboxylic acids is 1. The summed E-state index contributed by atoms with van der Waals surface area (Å²) in [5.41, 5.74) is 6.22. The zero-order valence-electron chi connectivity index (χ0n) is 11.3. The molecule has 0 saturated heterocycles. The molecule has 112 valence electrons. The monoisotopic (exact) mass is 363 g/mol. The molecule has 0 bridgehead atoms. The van der Waals surface area contributed by atoms with Crippen LogP contribution in [0.4, 0.5) is 5.69 Å². The molecule has 8 heteroatoms. The van der Waals surface area contributed by atoms with Crippen LogP contribution in [0.3, 0.4) is 0 Å². The Balaban J connectivity index is 2.87. The van der Waals surface area contributed by atoms with E-state index >= 15 is 0 Å². The zero-order chi connectivity index (χ0) is 15.5. The van der Waals surface area contributed by atoms with Crippen molar-refractivity contribution in [1.82, 2.24) is 0 Å². The van der Waals surface area contributed by atoms with Crippen LogP contribution in [0.1, 0.15) is 20.3 Å². The van der Waals surface area contributed by atoms with Gasteiger partial charge in [-0.2, -0.15) is 0 Å². The van der Waals surface area contributed by atoms with Gasteiger partial charge in [0.1, 0.15) is 0 Å². The molecule has 1 amide bonds. The Kier molecular flexibility index (Phi) is 5.69. The molecule has 1 rings (SSSR count). The molecule has 0 fully saturated rings. The van der Waals surface area contributed by atoms with Crippen molar-refractivity contribution in [2.45, 2.75) is 31.2 Å². The Bertz CT molecular complexity index is 602. The Morgan fingerprint density at radius 1 is 1.40 bits per heavy atom. The average molecular weight is 364 g/mol. The van der Waals surface area contributed by atoms with Gasteiger partial charge in [0.05, 0.1) is 16.6 Å². The van der Waals surface area contributed by atoms with Crippen molar-refractivity contribution in [3.05, 3.63) is 22.7 Å². The van der Waals surface area contributed by atoms with Crippen LogP contribution >= 0.6 is 15.9 Å². The van der Waals surface area contributed by atoms with E-state index in [0.717, 1.165) is 0 Å². The van der Waals surface area contributed by atoms with Crippen molar-refractivity contribution >= 4 is 37.5 Å². The minimum Gasteiger partial charge on any atom is -0.324 e. The first-order chi connectivity index (χ1) is 9.11. The first kappa shape index (κ1) is 17.1. The van der Waals surface area contributed by atoms with Crippen molar-refractivity contribution in [2.75, 3.05) is 5.32 Å². The van der Waals surface area contributed by atoms with Crippen LogP contribution in [-0.4, -0.2) is 20.4 Å². The van der Waals surface area contributed by atoms with Gasteiger partial charge in [-0.1, -0.05) is 13.8 Å². The predicted octanol–water partition coefficient (Wildman–Crippen LogP) is 1.41. The van der Waals surface area contributed by atoms with Gasteiger partial charge in [-0.25, -0.2) is 13.6 Å². The molecule has 0 radical (unpaired) electrons. The number of anilines is 1. The summed E-state index contributed by atoms with van der Waals surface area (Å²) in [4.78, 5) is 11.8. The van der Waals surface area contributed by atoms with E-state index in [9.17, 15) is 13.2 Å². The quantitative estimate of drug-likeness (QED) is 0.733. The summed E-state index contributed by atoms with van der Waals surface area (Å²) in [6.45, 7) is 3.95. The molecule has 0 aromatic heterocycles. The van der Waals surface area contributed by atoms with Crippen LogP contribution < -0.4 is 16.2 Å². The molecule has 0 spiro atoms. The van der Waals surface area contributed by atoms with Crippen molar-refractivity contribution in [1.29, 1.82) is 0 Å². The molecule has 1 atom stereocenters. The number of amides is 1. The fraction of sp³-hybridized carbons (Fsp3) is 0.417. The van der Waals surface area contributed by atoms with E-state index in [2.05, 4.69) is 21.2 Å². The van der Waals surface area contributed by atoms with Crippen LogP contribution in [0.5, 0.6) is 0 Å². The summed E-state index contributed by atoms with van der Waals surface area (Å²) in [6, 6.07) is 3.51. The molecule has 0 unspecified atom stereocenters. The Labute approximate surface area is 127 Å². The topological polar surface area (TPSA) is 115 Å². The second kappa shape index (κ2) is 6.66. The van der Waals surface area contributed by atoms with Gasteiger partial charge in [-0.3, -0.25) is 4.79 Å². The van der Waals surface area contributed by atoms with Crippen molar-refractivity contribution < 1.29 is 13.2 Å². The molecule has 1 aromatic carbocycles. The van der Waals surface area contributed by atoms with Crippen LogP contribution in [0, 0.1) is 5.92 Å². The van der Waals surface area contributed by atoms with E-state index in [1.807, 2.05) is 13.8 Å². The number of primary sulfonamides is 1. The second-order valence-electron chi connectivity index (χ2n) is 4.91. The van der Waals surface area contributed by atoms with Gasteiger partial charge < -0.3 is 11.1 Å². The van der Waals surface area contributed by atoms with Crippen LogP contribution in [-0.2, 0) is 14.8 Å². The fourth-order valence-electron chi connectivity index (χ4n) is 1.61. The molecule has 5 N–H and O–H groups in total. The SMILES string of the molecule is CC(C)C[C@@H](N)C(=O)Nc1ccc(S(N)(=O)=O)cc1Br. The van der Waals surface area contributed by atoms with Gasteiger partial charge in [-0.15, -0.1) is 0 Å². The number of hydrogen-bond donors (Lipinski definition) is 3. The summed E-state index contributed by atoms with van der Waals surface area (Å²) in [6.07, 6.45) is 0.568.